The van der Waals surface area contributed by atoms with Crippen LogP contribution in [0.1, 0.15) is 40.0 Å². The van der Waals surface area contributed by atoms with E-state index in [1.807, 2.05) is 24.3 Å². The lowest BCUT2D eigenvalue weighted by molar-refractivity contribution is 0.0615. The molecular formula is C19H16N2O2. The van der Waals surface area contributed by atoms with E-state index in [9.17, 15) is 9.59 Å². The highest BCUT2D eigenvalue weighted by molar-refractivity contribution is 6.25. The second-order valence-electron chi connectivity index (χ2n) is 5.94. The molecule has 2 aromatic carbocycles. The van der Waals surface area contributed by atoms with Crippen LogP contribution in [-0.2, 0) is 0 Å². The van der Waals surface area contributed by atoms with E-state index in [-0.39, 0.29) is 17.7 Å². The minimum atomic E-state index is -0.345. The highest BCUT2D eigenvalue weighted by atomic mass is 16.2. The quantitative estimate of drug-likeness (QED) is 0.481. The Morgan fingerprint density at radius 3 is 2.30 bits per heavy atom. The number of nitrogens with zero attached hydrogens (tertiary/aromatic N) is 2. The molecule has 0 spiro atoms. The van der Waals surface area contributed by atoms with Crippen LogP contribution in [0.4, 0.5) is 0 Å². The minimum absolute atomic E-state index is 0.286. The number of hydrogen-bond donors (Lipinski definition) is 0. The molecular weight excluding hydrogens is 288 g/mol. The van der Waals surface area contributed by atoms with Crippen LogP contribution in [0.15, 0.2) is 53.7 Å². The third-order valence-electron chi connectivity index (χ3n) is 4.45. The van der Waals surface area contributed by atoms with Gasteiger partial charge in [-0.25, -0.2) is 0 Å². The Bertz CT molecular complexity index is 816. The number of hydrazone groups is 1. The van der Waals surface area contributed by atoms with E-state index in [1.165, 1.54) is 0 Å². The van der Waals surface area contributed by atoms with E-state index in [1.54, 1.807) is 18.3 Å². The van der Waals surface area contributed by atoms with E-state index in [4.69, 9.17) is 0 Å². The molecule has 0 saturated heterocycles. The minimum Gasteiger partial charge on any atom is -0.267 e. The molecule has 2 amide bonds. The second kappa shape index (κ2) is 5.47. The fourth-order valence-electron chi connectivity index (χ4n) is 3.24. The normalized spacial score (nSPS) is 20.7. The lowest BCUT2D eigenvalue weighted by atomic mass is 9.95. The van der Waals surface area contributed by atoms with Gasteiger partial charge in [-0.05, 0) is 42.7 Å². The summed E-state index contributed by atoms with van der Waals surface area (Å²) in [5.74, 6) is -0.405. The summed E-state index contributed by atoms with van der Waals surface area (Å²) >= 11 is 0. The molecule has 0 aromatic heterocycles. The molecule has 2 aromatic rings. The van der Waals surface area contributed by atoms with Crippen molar-refractivity contribution in [3.63, 3.8) is 0 Å². The molecule has 2 aliphatic rings. The number of carbonyl (C=O) groups excluding carboxylic acids is 2. The van der Waals surface area contributed by atoms with Crippen molar-refractivity contribution in [3.8, 4) is 0 Å². The van der Waals surface area contributed by atoms with Gasteiger partial charge in [0.2, 0.25) is 0 Å². The highest BCUT2D eigenvalue weighted by Gasteiger charge is 2.32. The predicted octanol–water partition coefficient (Wildman–Crippen LogP) is 3.78. The number of benzene rings is 2. The summed E-state index contributed by atoms with van der Waals surface area (Å²) in [7, 11) is 0. The van der Waals surface area contributed by atoms with E-state index in [0.29, 0.717) is 11.1 Å². The average molecular weight is 304 g/mol. The first-order valence-electron chi connectivity index (χ1n) is 7.85. The van der Waals surface area contributed by atoms with Gasteiger partial charge in [0.05, 0.1) is 11.1 Å². The van der Waals surface area contributed by atoms with Crippen LogP contribution in [0.5, 0.6) is 0 Å². The van der Waals surface area contributed by atoms with Gasteiger partial charge in [-0.1, -0.05) is 36.4 Å². The van der Waals surface area contributed by atoms with Crippen LogP contribution < -0.4 is 0 Å². The van der Waals surface area contributed by atoms with Crippen LogP contribution in [0.2, 0.25) is 0 Å². The number of carbonyl (C=O) groups is 2. The molecule has 23 heavy (non-hydrogen) atoms. The summed E-state index contributed by atoms with van der Waals surface area (Å²) in [6.45, 7) is 0. The van der Waals surface area contributed by atoms with Crippen molar-refractivity contribution < 1.29 is 9.59 Å². The third kappa shape index (κ3) is 2.27. The zero-order chi connectivity index (χ0) is 15.8. The maximum atomic E-state index is 12.7. The summed E-state index contributed by atoms with van der Waals surface area (Å²) in [6, 6.07) is 11.0. The number of imide groups is 1. The SMILES string of the molecule is O=C1c2cccc3cccc(c23)C(=O)N1N=CC1CC=CCC1. The van der Waals surface area contributed by atoms with E-state index < -0.39 is 0 Å². The van der Waals surface area contributed by atoms with E-state index in [0.717, 1.165) is 35.0 Å². The van der Waals surface area contributed by atoms with Gasteiger partial charge in [0, 0.05) is 11.6 Å². The molecule has 4 heteroatoms. The molecule has 4 rings (SSSR count). The smallest absolute Gasteiger partial charge is 0.267 e. The summed E-state index contributed by atoms with van der Waals surface area (Å²) in [5, 5.41) is 6.88. The van der Waals surface area contributed by atoms with Crippen molar-refractivity contribution in [2.75, 3.05) is 0 Å². The maximum absolute atomic E-state index is 12.7. The fourth-order valence-corrected chi connectivity index (χ4v) is 3.24. The van der Waals surface area contributed by atoms with Crippen LogP contribution >= 0.6 is 0 Å². The lowest BCUT2D eigenvalue weighted by Crippen LogP contribution is -2.36. The molecule has 1 aliphatic heterocycles. The van der Waals surface area contributed by atoms with Crippen molar-refractivity contribution in [2.24, 2.45) is 11.0 Å². The molecule has 1 aliphatic carbocycles. The molecule has 114 valence electrons. The molecule has 4 nitrogen and oxygen atoms in total. The van der Waals surface area contributed by atoms with Gasteiger partial charge < -0.3 is 0 Å². The molecule has 0 N–H and O–H groups in total. The molecule has 0 bridgehead atoms. The first-order valence-corrected chi connectivity index (χ1v) is 7.85. The third-order valence-corrected chi connectivity index (χ3v) is 4.45. The topological polar surface area (TPSA) is 49.7 Å². The number of rotatable bonds is 2. The van der Waals surface area contributed by atoms with Gasteiger partial charge in [0.15, 0.2) is 0 Å². The van der Waals surface area contributed by atoms with Gasteiger partial charge in [-0.15, -0.1) is 0 Å². The van der Waals surface area contributed by atoms with Crippen LogP contribution in [0, 0.1) is 5.92 Å². The predicted molar refractivity (Wildman–Crippen MR) is 89.4 cm³/mol. The lowest BCUT2D eigenvalue weighted by Gasteiger charge is -2.23. The average Bonchev–Trinajstić information content (AvgIpc) is 2.60. The van der Waals surface area contributed by atoms with E-state index in [2.05, 4.69) is 17.3 Å². The molecule has 0 fully saturated rings. The van der Waals surface area contributed by atoms with Crippen molar-refractivity contribution in [1.82, 2.24) is 5.01 Å². The monoisotopic (exact) mass is 304 g/mol. The first kappa shape index (κ1) is 13.9. The summed E-state index contributed by atoms with van der Waals surface area (Å²) < 4.78 is 0. The van der Waals surface area contributed by atoms with Crippen molar-refractivity contribution in [1.29, 1.82) is 0 Å². The molecule has 0 radical (unpaired) electrons. The maximum Gasteiger partial charge on any atom is 0.282 e. The van der Waals surface area contributed by atoms with Crippen molar-refractivity contribution in [2.45, 2.75) is 19.3 Å². The van der Waals surface area contributed by atoms with Crippen LogP contribution in [-0.4, -0.2) is 23.0 Å². The zero-order valence-electron chi connectivity index (χ0n) is 12.6. The second-order valence-corrected chi connectivity index (χ2v) is 5.94. The van der Waals surface area contributed by atoms with Crippen molar-refractivity contribution in [3.05, 3.63) is 59.7 Å². The Morgan fingerprint density at radius 1 is 1.00 bits per heavy atom. The largest absolute Gasteiger partial charge is 0.282 e. The Balaban J connectivity index is 1.74. The van der Waals surface area contributed by atoms with Gasteiger partial charge in [0.25, 0.3) is 11.8 Å². The van der Waals surface area contributed by atoms with Gasteiger partial charge in [-0.2, -0.15) is 10.1 Å². The Hall–Kier alpha value is -2.75. The van der Waals surface area contributed by atoms with Crippen LogP contribution in [0.25, 0.3) is 10.8 Å². The number of amides is 2. The van der Waals surface area contributed by atoms with E-state index >= 15 is 0 Å². The zero-order valence-corrected chi connectivity index (χ0v) is 12.6. The summed E-state index contributed by atoms with van der Waals surface area (Å²) in [6.07, 6.45) is 8.94. The number of hydrogen-bond acceptors (Lipinski definition) is 3. The standard InChI is InChI=1S/C19H16N2O2/c22-18-15-10-4-8-14-9-5-11-16(17(14)15)19(23)21(18)20-12-13-6-2-1-3-7-13/h1-2,4-5,8-13H,3,6-7H2. The number of allylic oxidation sites excluding steroid dienone is 2. The summed E-state index contributed by atoms with van der Waals surface area (Å²) in [4.78, 5) is 25.3. The molecule has 1 atom stereocenters. The van der Waals surface area contributed by atoms with Gasteiger partial charge >= 0.3 is 0 Å². The summed E-state index contributed by atoms with van der Waals surface area (Å²) in [5.41, 5.74) is 1.08. The van der Waals surface area contributed by atoms with Gasteiger partial charge in [-0.3, -0.25) is 9.59 Å². The Morgan fingerprint density at radius 2 is 1.70 bits per heavy atom. The molecule has 1 heterocycles. The van der Waals surface area contributed by atoms with Crippen molar-refractivity contribution >= 4 is 28.8 Å². The first-order chi connectivity index (χ1) is 11.3. The molecule has 0 saturated carbocycles. The Kier molecular flexibility index (Phi) is 3.30. The van der Waals surface area contributed by atoms with Crippen LogP contribution in [0.3, 0.4) is 0 Å². The molecule has 1 unspecified atom stereocenters. The highest BCUT2D eigenvalue weighted by Crippen LogP contribution is 2.30. The Labute approximate surface area is 134 Å². The fraction of sp³-hybridized carbons (Fsp3) is 0.211. The van der Waals surface area contributed by atoms with Gasteiger partial charge in [0.1, 0.15) is 0 Å².